The number of hydrogen-bond donors (Lipinski definition) is 2. The molecule has 1 fully saturated rings. The number of amides is 1. The van der Waals surface area contributed by atoms with Crippen LogP contribution in [0, 0.1) is 18.3 Å². The number of phenolic OH excluding ortho intramolecular Hbond substituents is 1. The van der Waals surface area contributed by atoms with Gasteiger partial charge in [-0.1, -0.05) is 18.2 Å². The SMILES string of the molecule is Cc1cnc2ccc(-c3cccc(C#N)c3O)cc2c1N1CCC(NC(=O)OC(C)(C)C)CC1. The zero-order chi connectivity index (χ0) is 24.5. The largest absolute Gasteiger partial charge is 0.506 e. The minimum Gasteiger partial charge on any atom is -0.506 e. The van der Waals surface area contributed by atoms with Crippen LogP contribution in [0.1, 0.15) is 44.7 Å². The molecule has 1 amide bonds. The van der Waals surface area contributed by atoms with Gasteiger partial charge in [0.05, 0.1) is 16.8 Å². The highest BCUT2D eigenvalue weighted by Crippen LogP contribution is 2.37. The minimum atomic E-state index is -0.517. The number of aromatic nitrogens is 1. The van der Waals surface area contributed by atoms with Crippen LogP contribution in [0.15, 0.2) is 42.6 Å². The van der Waals surface area contributed by atoms with Crippen LogP contribution in [0.5, 0.6) is 5.75 Å². The lowest BCUT2D eigenvalue weighted by Gasteiger charge is -2.35. The number of pyridine rings is 1. The Hall–Kier alpha value is -3.79. The number of hydrogen-bond acceptors (Lipinski definition) is 6. The maximum absolute atomic E-state index is 12.2. The first-order chi connectivity index (χ1) is 16.2. The van der Waals surface area contributed by atoms with Gasteiger partial charge in [-0.3, -0.25) is 4.98 Å². The number of nitrogens with zero attached hydrogens (tertiary/aromatic N) is 3. The molecule has 1 aliphatic heterocycles. The molecule has 1 saturated heterocycles. The smallest absolute Gasteiger partial charge is 0.407 e. The van der Waals surface area contributed by atoms with E-state index in [-0.39, 0.29) is 23.4 Å². The number of fused-ring (bicyclic) bond motifs is 1. The van der Waals surface area contributed by atoms with Crippen molar-refractivity contribution in [2.75, 3.05) is 18.0 Å². The van der Waals surface area contributed by atoms with Gasteiger partial charge >= 0.3 is 6.09 Å². The molecule has 7 nitrogen and oxygen atoms in total. The molecule has 4 rings (SSSR count). The minimum absolute atomic E-state index is 0.0134. The summed E-state index contributed by atoms with van der Waals surface area (Å²) < 4.78 is 5.40. The number of piperidine rings is 1. The van der Waals surface area contributed by atoms with Crippen molar-refractivity contribution >= 4 is 22.7 Å². The summed E-state index contributed by atoms with van der Waals surface area (Å²) in [6.07, 6.45) is 3.14. The summed E-state index contributed by atoms with van der Waals surface area (Å²) in [4.78, 5) is 19.1. The van der Waals surface area contributed by atoms with Crippen molar-refractivity contribution < 1.29 is 14.6 Å². The molecule has 7 heteroatoms. The molecule has 0 unspecified atom stereocenters. The number of nitriles is 1. The summed E-state index contributed by atoms with van der Waals surface area (Å²) in [5, 5.41) is 23.8. The van der Waals surface area contributed by atoms with Crippen LogP contribution in [0.3, 0.4) is 0 Å². The number of anilines is 1. The molecule has 0 saturated carbocycles. The highest BCUT2D eigenvalue weighted by atomic mass is 16.6. The van der Waals surface area contributed by atoms with Gasteiger partial charge in [0.1, 0.15) is 17.4 Å². The molecule has 34 heavy (non-hydrogen) atoms. The van der Waals surface area contributed by atoms with Gasteiger partial charge in [-0.25, -0.2) is 4.79 Å². The summed E-state index contributed by atoms with van der Waals surface area (Å²) in [7, 11) is 0. The Morgan fingerprint density at radius 3 is 2.65 bits per heavy atom. The first-order valence-electron chi connectivity index (χ1n) is 11.5. The number of para-hydroxylation sites is 1. The Kier molecular flexibility index (Phi) is 6.34. The van der Waals surface area contributed by atoms with E-state index in [1.54, 1.807) is 12.1 Å². The van der Waals surface area contributed by atoms with Crippen LogP contribution < -0.4 is 10.2 Å². The van der Waals surface area contributed by atoms with Crippen molar-refractivity contribution in [1.82, 2.24) is 10.3 Å². The van der Waals surface area contributed by atoms with Crippen molar-refractivity contribution in [3.05, 3.63) is 53.7 Å². The Morgan fingerprint density at radius 2 is 1.97 bits per heavy atom. The summed E-state index contributed by atoms with van der Waals surface area (Å²) in [6.45, 7) is 9.21. The van der Waals surface area contributed by atoms with Gasteiger partial charge in [-0.05, 0) is 69.9 Å². The summed E-state index contributed by atoms with van der Waals surface area (Å²) in [6, 6.07) is 13.2. The third-order valence-electron chi connectivity index (χ3n) is 6.02. The maximum atomic E-state index is 12.2. The van der Waals surface area contributed by atoms with Crippen molar-refractivity contribution in [1.29, 1.82) is 5.26 Å². The number of carbonyl (C=O) groups is 1. The third-order valence-corrected chi connectivity index (χ3v) is 6.02. The molecule has 176 valence electrons. The first kappa shape index (κ1) is 23.4. The van der Waals surface area contributed by atoms with Crippen LogP contribution in [0.2, 0.25) is 0 Å². The van der Waals surface area contributed by atoms with Crippen molar-refractivity contribution in [3.8, 4) is 22.9 Å². The summed E-state index contributed by atoms with van der Waals surface area (Å²) >= 11 is 0. The van der Waals surface area contributed by atoms with E-state index in [1.807, 2.05) is 64.2 Å². The van der Waals surface area contributed by atoms with E-state index >= 15 is 0 Å². The molecular weight excluding hydrogens is 428 g/mol. The molecule has 2 heterocycles. The van der Waals surface area contributed by atoms with Crippen LogP contribution in [0.25, 0.3) is 22.0 Å². The highest BCUT2D eigenvalue weighted by molar-refractivity contribution is 5.96. The van der Waals surface area contributed by atoms with Gasteiger partial charge in [0.25, 0.3) is 0 Å². The lowest BCUT2D eigenvalue weighted by Crippen LogP contribution is -2.46. The van der Waals surface area contributed by atoms with Crippen molar-refractivity contribution in [2.45, 2.75) is 52.2 Å². The predicted molar refractivity (Wildman–Crippen MR) is 133 cm³/mol. The van der Waals surface area contributed by atoms with Gasteiger partial charge in [0, 0.05) is 36.3 Å². The van der Waals surface area contributed by atoms with Gasteiger partial charge < -0.3 is 20.1 Å². The monoisotopic (exact) mass is 458 g/mol. The van der Waals surface area contributed by atoms with E-state index in [1.165, 1.54) is 0 Å². The fourth-order valence-corrected chi connectivity index (χ4v) is 4.45. The number of carbonyl (C=O) groups excluding carboxylic acids is 1. The number of nitrogens with one attached hydrogen (secondary N) is 1. The molecular formula is C27H30N4O3. The number of alkyl carbamates (subject to hydrolysis) is 1. The zero-order valence-corrected chi connectivity index (χ0v) is 20.1. The molecule has 1 aromatic heterocycles. The van der Waals surface area contributed by atoms with E-state index in [4.69, 9.17) is 4.74 Å². The van der Waals surface area contributed by atoms with E-state index in [2.05, 4.69) is 15.2 Å². The average Bonchev–Trinajstić information content (AvgIpc) is 2.78. The molecule has 3 aromatic rings. The van der Waals surface area contributed by atoms with Gasteiger partial charge in [0.2, 0.25) is 0 Å². The standard InChI is InChI=1S/C27H30N4O3/c1-17-16-29-23-9-8-18(21-7-5-6-19(15-28)25(21)32)14-22(23)24(17)31-12-10-20(11-13-31)30-26(33)34-27(2,3)4/h5-9,14,16,20,32H,10-13H2,1-4H3,(H,30,33). The Bertz CT molecular complexity index is 1270. The second-order valence-corrected chi connectivity index (χ2v) is 9.74. The van der Waals surface area contributed by atoms with Crippen LogP contribution in [-0.2, 0) is 4.74 Å². The number of benzene rings is 2. The highest BCUT2D eigenvalue weighted by Gasteiger charge is 2.25. The average molecular weight is 459 g/mol. The molecule has 0 bridgehead atoms. The predicted octanol–water partition coefficient (Wildman–Crippen LogP) is 5.28. The number of rotatable bonds is 3. The van der Waals surface area contributed by atoms with Crippen molar-refractivity contribution in [3.63, 3.8) is 0 Å². The Labute approximate surface area is 200 Å². The number of ether oxygens (including phenoxy) is 1. The molecule has 2 N–H and O–H groups in total. The molecule has 2 aromatic carbocycles. The van der Waals surface area contributed by atoms with E-state index in [0.717, 1.165) is 53.6 Å². The summed E-state index contributed by atoms with van der Waals surface area (Å²) in [5.41, 5.74) is 4.23. The number of phenols is 1. The quantitative estimate of drug-likeness (QED) is 0.554. The molecule has 0 atom stereocenters. The van der Waals surface area contributed by atoms with Crippen LogP contribution >= 0.6 is 0 Å². The molecule has 0 radical (unpaired) electrons. The molecule has 1 aliphatic rings. The fraction of sp³-hybridized carbons (Fsp3) is 0.370. The Balaban J connectivity index is 1.60. The lowest BCUT2D eigenvalue weighted by molar-refractivity contribution is 0.0497. The summed E-state index contributed by atoms with van der Waals surface area (Å²) in [5.74, 6) is -0.0134. The van der Waals surface area contributed by atoms with E-state index < -0.39 is 5.60 Å². The number of aromatic hydroxyl groups is 1. The topological polar surface area (TPSA) is 98.5 Å². The maximum Gasteiger partial charge on any atom is 0.407 e. The van der Waals surface area contributed by atoms with Gasteiger partial charge in [0.15, 0.2) is 0 Å². The van der Waals surface area contributed by atoms with Crippen LogP contribution in [-0.4, -0.2) is 40.9 Å². The van der Waals surface area contributed by atoms with Gasteiger partial charge in [-0.2, -0.15) is 5.26 Å². The number of aryl methyl sites for hydroxylation is 1. The fourth-order valence-electron chi connectivity index (χ4n) is 4.45. The zero-order valence-electron chi connectivity index (χ0n) is 20.1. The molecule has 0 spiro atoms. The Morgan fingerprint density at radius 1 is 1.24 bits per heavy atom. The molecule has 0 aliphatic carbocycles. The van der Waals surface area contributed by atoms with E-state index in [0.29, 0.717) is 5.56 Å². The second-order valence-electron chi connectivity index (χ2n) is 9.74. The van der Waals surface area contributed by atoms with Gasteiger partial charge in [-0.15, -0.1) is 0 Å². The second kappa shape index (κ2) is 9.22. The van der Waals surface area contributed by atoms with E-state index in [9.17, 15) is 15.2 Å². The van der Waals surface area contributed by atoms with Crippen molar-refractivity contribution in [2.24, 2.45) is 0 Å². The van der Waals surface area contributed by atoms with Crippen LogP contribution in [0.4, 0.5) is 10.5 Å². The third kappa shape index (κ3) is 4.91. The first-order valence-corrected chi connectivity index (χ1v) is 11.5. The lowest BCUT2D eigenvalue weighted by atomic mass is 9.97. The normalized spacial score (nSPS) is 14.6.